The summed E-state index contributed by atoms with van der Waals surface area (Å²) in [5, 5.41) is 0. The molecule has 0 bridgehead atoms. The number of sulfonamides is 1. The van der Waals surface area contributed by atoms with Crippen LogP contribution in [0, 0.1) is 5.82 Å². The van der Waals surface area contributed by atoms with E-state index < -0.39 is 15.8 Å². The van der Waals surface area contributed by atoms with E-state index in [-0.39, 0.29) is 21.5 Å². The average molecular weight is 309 g/mol. The molecular formula is C9H10BrFN2O2S. The number of nitrogens with two attached hydrogens (primary N) is 1. The lowest BCUT2D eigenvalue weighted by atomic mass is 10.3. The monoisotopic (exact) mass is 308 g/mol. The molecule has 0 radical (unpaired) electrons. The first kappa shape index (κ1) is 12.0. The molecule has 0 spiro atoms. The molecule has 88 valence electrons. The highest BCUT2D eigenvalue weighted by molar-refractivity contribution is 9.10. The van der Waals surface area contributed by atoms with Gasteiger partial charge in [0.15, 0.2) is 0 Å². The van der Waals surface area contributed by atoms with Crippen LogP contribution in [0.5, 0.6) is 0 Å². The Hall–Kier alpha value is -0.500. The Morgan fingerprint density at radius 2 is 2.12 bits per heavy atom. The fourth-order valence-electron chi connectivity index (χ4n) is 1.26. The quantitative estimate of drug-likeness (QED) is 0.874. The zero-order chi connectivity index (χ0) is 11.9. The van der Waals surface area contributed by atoms with Crippen molar-refractivity contribution >= 4 is 26.0 Å². The first-order valence-corrected chi connectivity index (χ1v) is 6.91. The predicted molar refractivity (Wildman–Crippen MR) is 60.8 cm³/mol. The number of nitrogens with one attached hydrogen (secondary N) is 1. The Morgan fingerprint density at radius 1 is 1.50 bits per heavy atom. The highest BCUT2D eigenvalue weighted by atomic mass is 79.9. The van der Waals surface area contributed by atoms with Gasteiger partial charge in [0.2, 0.25) is 10.0 Å². The number of hydrogen-bond acceptors (Lipinski definition) is 3. The van der Waals surface area contributed by atoms with Gasteiger partial charge in [-0.1, -0.05) is 0 Å². The van der Waals surface area contributed by atoms with E-state index in [4.69, 9.17) is 5.73 Å². The molecule has 0 aromatic heterocycles. The number of hydrogen-bond donors (Lipinski definition) is 2. The van der Waals surface area contributed by atoms with Gasteiger partial charge >= 0.3 is 0 Å². The summed E-state index contributed by atoms with van der Waals surface area (Å²) in [5.74, 6) is -0.608. The summed E-state index contributed by atoms with van der Waals surface area (Å²) in [5.41, 5.74) is 5.50. The maximum absolute atomic E-state index is 13.2. The van der Waals surface area contributed by atoms with Crippen molar-refractivity contribution in [1.82, 2.24) is 4.72 Å². The summed E-state index contributed by atoms with van der Waals surface area (Å²) in [4.78, 5) is -0.0905. The van der Waals surface area contributed by atoms with Crippen molar-refractivity contribution in [3.63, 3.8) is 0 Å². The van der Waals surface area contributed by atoms with E-state index in [1.807, 2.05) is 0 Å². The van der Waals surface area contributed by atoms with Crippen molar-refractivity contribution in [2.75, 3.05) is 0 Å². The minimum Gasteiger partial charge on any atom is -0.326 e. The molecule has 16 heavy (non-hydrogen) atoms. The maximum atomic E-state index is 13.2. The summed E-state index contributed by atoms with van der Waals surface area (Å²) in [7, 11) is -3.66. The van der Waals surface area contributed by atoms with Crippen molar-refractivity contribution < 1.29 is 12.8 Å². The molecule has 4 nitrogen and oxygen atoms in total. The van der Waals surface area contributed by atoms with Gasteiger partial charge in [0.05, 0.1) is 9.37 Å². The van der Waals surface area contributed by atoms with Gasteiger partial charge in [-0.3, -0.25) is 0 Å². The van der Waals surface area contributed by atoms with Gasteiger partial charge in [-0.15, -0.1) is 0 Å². The van der Waals surface area contributed by atoms with Crippen LogP contribution in [-0.2, 0) is 10.0 Å². The summed E-state index contributed by atoms with van der Waals surface area (Å²) < 4.78 is 39.3. The molecule has 1 aromatic rings. The Balaban J connectivity index is 2.25. The Morgan fingerprint density at radius 3 is 2.62 bits per heavy atom. The fraction of sp³-hybridized carbons (Fsp3) is 0.333. The molecular weight excluding hydrogens is 299 g/mol. The van der Waals surface area contributed by atoms with E-state index in [2.05, 4.69) is 20.7 Å². The molecule has 0 saturated heterocycles. The highest BCUT2D eigenvalue weighted by Gasteiger charge is 2.37. The second-order valence-corrected chi connectivity index (χ2v) is 6.27. The van der Waals surface area contributed by atoms with Crippen LogP contribution in [0.4, 0.5) is 4.39 Å². The summed E-state index contributed by atoms with van der Waals surface area (Å²) >= 11 is 2.96. The van der Waals surface area contributed by atoms with Crippen LogP contribution >= 0.6 is 15.9 Å². The zero-order valence-corrected chi connectivity index (χ0v) is 10.6. The third kappa shape index (κ3) is 2.42. The Kier molecular flexibility index (Phi) is 3.04. The Bertz CT molecular complexity index is 520. The predicted octanol–water partition coefficient (Wildman–Crippen LogP) is 0.966. The average Bonchev–Trinajstić information content (AvgIpc) is 2.85. The van der Waals surface area contributed by atoms with Gasteiger partial charge in [0.25, 0.3) is 0 Å². The molecule has 2 atom stereocenters. The van der Waals surface area contributed by atoms with E-state index in [9.17, 15) is 12.8 Å². The molecule has 2 rings (SSSR count). The van der Waals surface area contributed by atoms with E-state index in [1.165, 1.54) is 12.1 Å². The SMILES string of the molecule is NC1CC1NS(=O)(=O)c1ccc(Br)c(F)c1. The smallest absolute Gasteiger partial charge is 0.240 e. The lowest BCUT2D eigenvalue weighted by Gasteiger charge is -2.06. The Labute approximate surface area is 101 Å². The van der Waals surface area contributed by atoms with E-state index in [0.717, 1.165) is 6.07 Å². The number of benzene rings is 1. The molecule has 0 heterocycles. The second-order valence-electron chi connectivity index (χ2n) is 3.70. The van der Waals surface area contributed by atoms with Gasteiger partial charge in [-0.25, -0.2) is 17.5 Å². The molecule has 1 fully saturated rings. The third-order valence-electron chi connectivity index (χ3n) is 2.35. The van der Waals surface area contributed by atoms with Crippen LogP contribution in [-0.4, -0.2) is 20.5 Å². The van der Waals surface area contributed by atoms with Gasteiger partial charge in [0.1, 0.15) is 5.82 Å². The summed E-state index contributed by atoms with van der Waals surface area (Å²) in [6.45, 7) is 0. The lowest BCUT2D eigenvalue weighted by Crippen LogP contribution is -2.29. The first-order chi connectivity index (χ1) is 7.40. The van der Waals surface area contributed by atoms with Crippen LogP contribution in [0.3, 0.4) is 0 Å². The van der Waals surface area contributed by atoms with Gasteiger partial charge in [-0.2, -0.15) is 0 Å². The standard InChI is InChI=1S/C9H10BrFN2O2S/c10-6-2-1-5(3-7(6)11)16(14,15)13-9-4-8(9)12/h1-3,8-9,13H,4,12H2. The van der Waals surface area contributed by atoms with Crippen molar-refractivity contribution in [2.45, 2.75) is 23.4 Å². The van der Waals surface area contributed by atoms with Crippen LogP contribution in [0.25, 0.3) is 0 Å². The molecule has 1 aliphatic carbocycles. The van der Waals surface area contributed by atoms with Crippen molar-refractivity contribution in [1.29, 1.82) is 0 Å². The van der Waals surface area contributed by atoms with Crippen LogP contribution in [0.15, 0.2) is 27.6 Å². The van der Waals surface area contributed by atoms with Crippen LogP contribution in [0.2, 0.25) is 0 Å². The van der Waals surface area contributed by atoms with E-state index >= 15 is 0 Å². The minimum absolute atomic E-state index is 0.0905. The topological polar surface area (TPSA) is 72.2 Å². The molecule has 2 unspecified atom stereocenters. The van der Waals surface area contributed by atoms with Crippen LogP contribution < -0.4 is 10.5 Å². The maximum Gasteiger partial charge on any atom is 0.240 e. The normalized spacial score (nSPS) is 24.4. The molecule has 1 aromatic carbocycles. The lowest BCUT2D eigenvalue weighted by molar-refractivity contribution is 0.575. The van der Waals surface area contributed by atoms with Crippen molar-refractivity contribution in [2.24, 2.45) is 5.73 Å². The summed E-state index contributed by atoms with van der Waals surface area (Å²) in [6, 6.07) is 3.31. The number of halogens is 2. The second kappa shape index (κ2) is 4.06. The molecule has 3 N–H and O–H groups in total. The first-order valence-electron chi connectivity index (χ1n) is 4.63. The largest absolute Gasteiger partial charge is 0.326 e. The fourth-order valence-corrected chi connectivity index (χ4v) is 2.82. The molecule has 7 heteroatoms. The molecule has 0 aliphatic heterocycles. The zero-order valence-electron chi connectivity index (χ0n) is 8.15. The molecule has 1 aliphatic rings. The van der Waals surface area contributed by atoms with Gasteiger partial charge in [0, 0.05) is 12.1 Å². The van der Waals surface area contributed by atoms with Gasteiger partial charge in [-0.05, 0) is 40.5 Å². The van der Waals surface area contributed by atoms with E-state index in [1.54, 1.807) is 0 Å². The number of rotatable bonds is 3. The van der Waals surface area contributed by atoms with Crippen LogP contribution in [0.1, 0.15) is 6.42 Å². The van der Waals surface area contributed by atoms with Crippen molar-refractivity contribution in [3.8, 4) is 0 Å². The third-order valence-corrected chi connectivity index (χ3v) is 4.48. The minimum atomic E-state index is -3.66. The highest BCUT2D eigenvalue weighted by Crippen LogP contribution is 2.23. The molecule has 1 saturated carbocycles. The summed E-state index contributed by atoms with van der Waals surface area (Å²) in [6.07, 6.45) is 0.623. The molecule has 0 amide bonds. The van der Waals surface area contributed by atoms with E-state index in [0.29, 0.717) is 6.42 Å². The van der Waals surface area contributed by atoms with Crippen molar-refractivity contribution in [3.05, 3.63) is 28.5 Å². The van der Waals surface area contributed by atoms with Gasteiger partial charge < -0.3 is 5.73 Å².